The van der Waals surface area contributed by atoms with E-state index >= 15 is 0 Å². The van der Waals surface area contributed by atoms with Gasteiger partial charge in [0.05, 0.1) is 22.0 Å². The minimum Gasteiger partial charge on any atom is -1.00 e. The molecule has 0 bridgehead atoms. The summed E-state index contributed by atoms with van der Waals surface area (Å²) in [6, 6.07) is 16.9. The third-order valence-electron chi connectivity index (χ3n) is 6.52. The first-order valence-electron chi connectivity index (χ1n) is 12.0. The van der Waals surface area contributed by atoms with Crippen LogP contribution in [-0.2, 0) is 11.3 Å². The van der Waals surface area contributed by atoms with Crippen LogP contribution in [0.2, 0.25) is 0 Å². The van der Waals surface area contributed by atoms with Crippen LogP contribution < -0.4 is 33.4 Å². The van der Waals surface area contributed by atoms with Crippen LogP contribution in [0.1, 0.15) is 32.7 Å². The molecule has 4 nitrogen and oxygen atoms in total. The number of aromatic nitrogens is 1. The highest BCUT2D eigenvalue weighted by molar-refractivity contribution is 8.03. The van der Waals surface area contributed by atoms with Crippen LogP contribution in [0.15, 0.2) is 81.4 Å². The number of hydrogen-bond donors (Lipinski definition) is 0. The zero-order valence-corrected chi connectivity index (χ0v) is 24.3. The van der Waals surface area contributed by atoms with Gasteiger partial charge in [0.1, 0.15) is 11.2 Å². The average molecular weight is 616 g/mol. The first-order chi connectivity index (χ1) is 16.6. The number of allylic oxidation sites excluding steroid dienone is 3. The molecule has 1 aliphatic carbocycles. The third-order valence-corrected chi connectivity index (χ3v) is 8.75. The number of anilines is 1. The number of carbonyl (C=O) groups excluding carboxylic acids is 1. The van der Waals surface area contributed by atoms with Crippen LogP contribution in [0, 0.1) is 0 Å². The molecule has 0 spiro atoms. The number of Topliss-reactive ketones (excluding diaryl/α,β-unsaturated/α-hetero) is 1. The van der Waals surface area contributed by atoms with Crippen molar-refractivity contribution >= 4 is 50.9 Å². The van der Waals surface area contributed by atoms with Gasteiger partial charge in [-0.05, 0) is 52.0 Å². The van der Waals surface area contributed by atoms with Gasteiger partial charge in [-0.2, -0.15) is 4.57 Å². The third kappa shape index (κ3) is 4.47. The van der Waals surface area contributed by atoms with Gasteiger partial charge in [-0.3, -0.25) is 4.79 Å². The molecule has 182 valence electrons. The summed E-state index contributed by atoms with van der Waals surface area (Å²) in [6.45, 7) is 12.1. The van der Waals surface area contributed by atoms with Crippen LogP contribution in [0.3, 0.4) is 0 Å². The quantitative estimate of drug-likeness (QED) is 0.232. The fourth-order valence-corrected chi connectivity index (χ4v) is 7.15. The molecule has 1 aromatic heterocycles. The Bertz CT molecular complexity index is 1370. The number of hydrogen-bond acceptors (Lipinski definition) is 5. The average Bonchev–Trinajstić information content (AvgIpc) is 3.41. The van der Waals surface area contributed by atoms with Crippen LogP contribution in [-0.4, -0.2) is 30.3 Å². The molecule has 0 N–H and O–H groups in total. The van der Waals surface area contributed by atoms with Crippen molar-refractivity contribution < 1.29 is 33.3 Å². The first-order valence-corrected chi connectivity index (χ1v) is 13.7. The standard InChI is InChI=1S/C28H30N3OS2.HI/c1-5-29(6-2)27-19(17-25-30(7-3)21-13-9-11-15-23(21)33-25)28(32)20(27)18-26-31(8-4)22-14-10-12-16-24(22)34-26;/h9-18H,5-8H2,1-4H3;1H/q+1;/p-1. The van der Waals surface area contributed by atoms with Crippen LogP contribution >= 0.6 is 23.1 Å². The molecule has 0 atom stereocenters. The number of para-hydroxylation sites is 2. The monoisotopic (exact) mass is 615 g/mol. The van der Waals surface area contributed by atoms with Gasteiger partial charge in [0.15, 0.2) is 5.78 Å². The van der Waals surface area contributed by atoms with Gasteiger partial charge in [0.25, 0.3) is 5.01 Å². The Balaban J connectivity index is 0.00000289. The molecule has 0 saturated heterocycles. The lowest BCUT2D eigenvalue weighted by molar-refractivity contribution is -0.665. The normalized spacial score (nSPS) is 17.3. The number of rotatable bonds is 7. The summed E-state index contributed by atoms with van der Waals surface area (Å²) < 4.78 is 3.55. The molecule has 0 radical (unpaired) electrons. The summed E-state index contributed by atoms with van der Waals surface area (Å²) >= 11 is 3.50. The number of ketones is 1. The topological polar surface area (TPSA) is 27.4 Å². The molecule has 0 fully saturated rings. The lowest BCUT2D eigenvalue weighted by Gasteiger charge is -2.34. The Hall–Kier alpha value is -2.10. The van der Waals surface area contributed by atoms with Crippen LogP contribution in [0.5, 0.6) is 0 Å². The summed E-state index contributed by atoms with van der Waals surface area (Å²) in [5.41, 5.74) is 5.18. The van der Waals surface area contributed by atoms with E-state index < -0.39 is 0 Å². The molecular formula is C28H30IN3OS2. The predicted octanol–water partition coefficient (Wildman–Crippen LogP) is 3.25. The van der Waals surface area contributed by atoms with Crippen molar-refractivity contribution in [3.8, 4) is 0 Å². The maximum atomic E-state index is 13.6. The van der Waals surface area contributed by atoms with E-state index in [0.717, 1.165) is 53.1 Å². The molecule has 7 heteroatoms. The van der Waals surface area contributed by atoms with E-state index in [0.29, 0.717) is 0 Å². The van der Waals surface area contributed by atoms with E-state index in [1.165, 1.54) is 20.8 Å². The lowest BCUT2D eigenvalue weighted by atomic mass is 9.84. The van der Waals surface area contributed by atoms with E-state index in [2.05, 4.69) is 103 Å². The molecule has 0 saturated carbocycles. The number of fused-ring (bicyclic) bond motifs is 2. The van der Waals surface area contributed by atoms with Crippen molar-refractivity contribution in [3.63, 3.8) is 0 Å². The minimum atomic E-state index is 0. The second kappa shape index (κ2) is 10.9. The van der Waals surface area contributed by atoms with E-state index in [4.69, 9.17) is 0 Å². The zero-order valence-electron chi connectivity index (χ0n) is 20.5. The number of thiazole rings is 1. The fraction of sp³-hybridized carbons (Fsp3) is 0.286. The summed E-state index contributed by atoms with van der Waals surface area (Å²) in [7, 11) is 0. The summed E-state index contributed by atoms with van der Waals surface area (Å²) in [6.07, 6.45) is 4.22. The summed E-state index contributed by atoms with van der Waals surface area (Å²) in [5, 5.41) is 2.25. The number of likely N-dealkylation sites (N-methyl/N-ethyl adjacent to an activating group) is 1. The van der Waals surface area contributed by atoms with Gasteiger partial charge in [-0.15, -0.1) is 0 Å². The Morgan fingerprint density at radius 3 is 2.40 bits per heavy atom. The van der Waals surface area contributed by atoms with Gasteiger partial charge in [-0.1, -0.05) is 47.4 Å². The molecule has 2 aliphatic rings. The number of aryl methyl sites for hydroxylation is 1. The minimum absolute atomic E-state index is 0. The Kier molecular flexibility index (Phi) is 8.08. The van der Waals surface area contributed by atoms with Gasteiger partial charge in [0, 0.05) is 42.2 Å². The lowest BCUT2D eigenvalue weighted by Crippen LogP contribution is -3.00. The predicted molar refractivity (Wildman–Crippen MR) is 144 cm³/mol. The molecule has 2 aromatic carbocycles. The Morgan fingerprint density at radius 2 is 1.69 bits per heavy atom. The SMILES string of the molecule is CCN(CC)C1=C(/C=C2/Sc3ccccc3N2CC)C(=O)/C1=C/c1sc2ccccc2[n+]1CC.[I-]. The van der Waals surface area contributed by atoms with Crippen molar-refractivity contribution in [2.75, 3.05) is 24.5 Å². The molecule has 3 aromatic rings. The largest absolute Gasteiger partial charge is 1.00 e. The second-order valence-corrected chi connectivity index (χ2v) is 10.4. The molecule has 1 aliphatic heterocycles. The van der Waals surface area contributed by atoms with Gasteiger partial charge in [-0.25, -0.2) is 0 Å². The molecule has 0 amide bonds. The van der Waals surface area contributed by atoms with E-state index in [9.17, 15) is 4.79 Å². The van der Waals surface area contributed by atoms with Crippen LogP contribution in [0.4, 0.5) is 5.69 Å². The van der Waals surface area contributed by atoms with E-state index in [1.807, 2.05) is 0 Å². The van der Waals surface area contributed by atoms with Crippen molar-refractivity contribution in [2.24, 2.45) is 0 Å². The second-order valence-electron chi connectivity index (χ2n) is 8.27. The highest BCUT2D eigenvalue weighted by Gasteiger charge is 2.37. The van der Waals surface area contributed by atoms with Gasteiger partial charge in [0.2, 0.25) is 5.52 Å². The number of carbonyl (C=O) groups is 1. The molecular weight excluding hydrogens is 585 g/mol. The highest BCUT2D eigenvalue weighted by Crippen LogP contribution is 2.47. The van der Waals surface area contributed by atoms with Crippen LogP contribution in [0.25, 0.3) is 16.3 Å². The number of halogens is 1. The molecule has 35 heavy (non-hydrogen) atoms. The van der Waals surface area contributed by atoms with E-state index in [1.54, 1.807) is 23.1 Å². The van der Waals surface area contributed by atoms with E-state index in [-0.39, 0.29) is 29.8 Å². The smallest absolute Gasteiger partial charge is 0.263 e. The molecule has 5 rings (SSSR count). The maximum absolute atomic E-state index is 13.6. The van der Waals surface area contributed by atoms with Gasteiger partial charge < -0.3 is 33.8 Å². The van der Waals surface area contributed by atoms with Crippen molar-refractivity contribution in [1.82, 2.24) is 4.90 Å². The zero-order chi connectivity index (χ0) is 23.8. The first kappa shape index (κ1) is 26.0. The Morgan fingerprint density at radius 1 is 0.971 bits per heavy atom. The number of thioether (sulfide) groups is 1. The maximum Gasteiger partial charge on any atom is 0.263 e. The van der Waals surface area contributed by atoms with Gasteiger partial charge >= 0.3 is 0 Å². The fourth-order valence-electron chi connectivity index (χ4n) is 4.81. The number of nitrogens with zero attached hydrogens (tertiary/aromatic N) is 3. The highest BCUT2D eigenvalue weighted by atomic mass is 127. The molecule has 0 unspecified atom stereocenters. The Labute approximate surface area is 233 Å². The van der Waals surface area contributed by atoms with Crippen molar-refractivity contribution in [3.05, 3.63) is 81.5 Å². The number of benzene rings is 2. The van der Waals surface area contributed by atoms with Crippen molar-refractivity contribution in [1.29, 1.82) is 0 Å². The summed E-state index contributed by atoms with van der Waals surface area (Å²) in [5.74, 6) is 0.141. The summed E-state index contributed by atoms with van der Waals surface area (Å²) in [4.78, 5) is 19.4. The molecule has 2 heterocycles. The van der Waals surface area contributed by atoms with Crippen molar-refractivity contribution in [2.45, 2.75) is 39.1 Å².